The molecule has 3 heterocycles. The maximum atomic E-state index is 12.3. The Morgan fingerprint density at radius 2 is 2.08 bits per heavy atom. The maximum Gasteiger partial charge on any atom is 0.256 e. The second-order valence-corrected chi connectivity index (χ2v) is 6.07. The largest absolute Gasteiger partial charge is 0.461 e. The number of carbonyl (C=O) groups is 1. The highest BCUT2D eigenvalue weighted by Gasteiger charge is 2.14. The topological polar surface area (TPSA) is 81.2 Å². The summed E-state index contributed by atoms with van der Waals surface area (Å²) in [6.45, 7) is 0. The van der Waals surface area contributed by atoms with Gasteiger partial charge in [0.2, 0.25) is 11.7 Å². The molecule has 25 heavy (non-hydrogen) atoms. The molecule has 6 nitrogen and oxygen atoms in total. The highest BCUT2D eigenvalue weighted by Crippen LogP contribution is 2.22. The van der Waals surface area contributed by atoms with Gasteiger partial charge in [-0.2, -0.15) is 16.3 Å². The van der Waals surface area contributed by atoms with Crippen molar-refractivity contribution < 1.29 is 13.7 Å². The molecule has 124 valence electrons. The van der Waals surface area contributed by atoms with Gasteiger partial charge in [0.05, 0.1) is 18.2 Å². The number of amides is 1. The molecule has 0 fully saturated rings. The molecule has 7 heteroatoms. The molecule has 1 aromatic carbocycles. The smallest absolute Gasteiger partial charge is 0.256 e. The number of para-hydroxylation sites is 1. The van der Waals surface area contributed by atoms with Gasteiger partial charge < -0.3 is 14.3 Å². The number of thiophene rings is 1. The van der Waals surface area contributed by atoms with Crippen molar-refractivity contribution in [3.63, 3.8) is 0 Å². The molecule has 0 radical (unpaired) electrons. The van der Waals surface area contributed by atoms with Crippen LogP contribution in [0.15, 0.2) is 68.4 Å². The molecule has 0 unspecified atom stereocenters. The SMILES string of the molecule is O=C(Nc1ccccc1Cc1nc(-c2ccco2)no1)c1ccsc1. The molecule has 0 spiro atoms. The van der Waals surface area contributed by atoms with E-state index in [2.05, 4.69) is 15.5 Å². The summed E-state index contributed by atoms with van der Waals surface area (Å²) in [5.41, 5.74) is 2.25. The Kier molecular flexibility index (Phi) is 4.14. The van der Waals surface area contributed by atoms with Crippen molar-refractivity contribution in [2.45, 2.75) is 6.42 Å². The number of nitrogens with one attached hydrogen (secondary N) is 1. The first kappa shape index (κ1) is 15.3. The van der Waals surface area contributed by atoms with Crippen molar-refractivity contribution in [3.05, 3.63) is 76.5 Å². The van der Waals surface area contributed by atoms with E-state index in [4.69, 9.17) is 8.94 Å². The predicted molar refractivity (Wildman–Crippen MR) is 93.5 cm³/mol. The molecule has 3 aromatic heterocycles. The van der Waals surface area contributed by atoms with Crippen LogP contribution in [0.2, 0.25) is 0 Å². The molecular weight excluding hydrogens is 338 g/mol. The van der Waals surface area contributed by atoms with Crippen molar-refractivity contribution in [3.8, 4) is 11.6 Å². The van der Waals surface area contributed by atoms with Gasteiger partial charge in [-0.25, -0.2) is 0 Å². The van der Waals surface area contributed by atoms with Gasteiger partial charge in [-0.1, -0.05) is 23.4 Å². The van der Waals surface area contributed by atoms with E-state index in [-0.39, 0.29) is 5.91 Å². The Balaban J connectivity index is 1.54. The molecule has 0 saturated heterocycles. The zero-order valence-electron chi connectivity index (χ0n) is 13.0. The van der Waals surface area contributed by atoms with Crippen LogP contribution in [0.4, 0.5) is 5.69 Å². The summed E-state index contributed by atoms with van der Waals surface area (Å²) < 4.78 is 10.6. The Morgan fingerprint density at radius 3 is 2.88 bits per heavy atom. The quantitative estimate of drug-likeness (QED) is 0.582. The van der Waals surface area contributed by atoms with E-state index >= 15 is 0 Å². The number of hydrogen-bond acceptors (Lipinski definition) is 6. The van der Waals surface area contributed by atoms with E-state index in [1.54, 1.807) is 24.5 Å². The lowest BCUT2D eigenvalue weighted by Crippen LogP contribution is -2.12. The molecule has 0 aliphatic carbocycles. The molecule has 1 amide bonds. The second-order valence-electron chi connectivity index (χ2n) is 5.29. The van der Waals surface area contributed by atoms with E-state index in [9.17, 15) is 4.79 Å². The first-order valence-corrected chi connectivity index (χ1v) is 8.52. The molecule has 0 aliphatic heterocycles. The first-order valence-electron chi connectivity index (χ1n) is 7.57. The molecule has 4 aromatic rings. The van der Waals surface area contributed by atoms with Gasteiger partial charge in [-0.15, -0.1) is 0 Å². The Labute approximate surface area is 147 Å². The minimum absolute atomic E-state index is 0.143. The average Bonchev–Trinajstić information content (AvgIpc) is 3.38. The molecule has 1 N–H and O–H groups in total. The predicted octanol–water partition coefficient (Wildman–Crippen LogP) is 4.23. The molecular formula is C18H13N3O3S. The van der Waals surface area contributed by atoms with Gasteiger partial charge in [-0.05, 0) is 35.2 Å². The van der Waals surface area contributed by atoms with Crippen LogP contribution >= 0.6 is 11.3 Å². The van der Waals surface area contributed by atoms with Crippen LogP contribution < -0.4 is 5.32 Å². The van der Waals surface area contributed by atoms with Gasteiger partial charge in [-0.3, -0.25) is 4.79 Å². The first-order chi connectivity index (χ1) is 12.3. The third-order valence-corrected chi connectivity index (χ3v) is 4.28. The summed E-state index contributed by atoms with van der Waals surface area (Å²) in [4.78, 5) is 16.6. The van der Waals surface area contributed by atoms with Crippen molar-refractivity contribution in [1.82, 2.24) is 10.1 Å². The van der Waals surface area contributed by atoms with Crippen molar-refractivity contribution in [2.75, 3.05) is 5.32 Å². The maximum absolute atomic E-state index is 12.3. The minimum atomic E-state index is -0.143. The lowest BCUT2D eigenvalue weighted by atomic mass is 10.1. The summed E-state index contributed by atoms with van der Waals surface area (Å²) in [5.74, 6) is 1.26. The standard InChI is InChI=1S/C18H13N3O3S/c22-18(13-7-9-25-11-13)19-14-5-2-1-4-12(14)10-16-20-17(21-24-16)15-6-3-8-23-15/h1-9,11H,10H2,(H,19,22). The van der Waals surface area contributed by atoms with Gasteiger partial charge in [0, 0.05) is 11.1 Å². The van der Waals surface area contributed by atoms with Crippen LogP contribution in [-0.2, 0) is 6.42 Å². The lowest BCUT2D eigenvalue weighted by molar-refractivity contribution is 0.102. The summed E-state index contributed by atoms with van der Waals surface area (Å²) in [5, 5.41) is 10.5. The Bertz CT molecular complexity index is 975. The van der Waals surface area contributed by atoms with Crippen LogP contribution in [0.25, 0.3) is 11.6 Å². The number of benzene rings is 1. The fourth-order valence-electron chi connectivity index (χ4n) is 2.38. The molecule has 0 atom stereocenters. The van der Waals surface area contributed by atoms with Crippen LogP contribution in [0.5, 0.6) is 0 Å². The number of carbonyl (C=O) groups excluding carboxylic acids is 1. The summed E-state index contributed by atoms with van der Waals surface area (Å²) in [7, 11) is 0. The van der Waals surface area contributed by atoms with E-state index in [0.29, 0.717) is 29.5 Å². The fourth-order valence-corrected chi connectivity index (χ4v) is 3.02. The van der Waals surface area contributed by atoms with Crippen LogP contribution in [0.1, 0.15) is 21.8 Å². The zero-order valence-corrected chi connectivity index (χ0v) is 13.8. The fraction of sp³-hybridized carbons (Fsp3) is 0.0556. The van der Waals surface area contributed by atoms with Crippen molar-refractivity contribution >= 4 is 22.9 Å². The summed E-state index contributed by atoms with van der Waals surface area (Å²) in [6, 6.07) is 12.9. The van der Waals surface area contributed by atoms with E-state index < -0.39 is 0 Å². The third kappa shape index (κ3) is 3.36. The van der Waals surface area contributed by atoms with Crippen molar-refractivity contribution in [1.29, 1.82) is 0 Å². The highest BCUT2D eigenvalue weighted by atomic mass is 32.1. The van der Waals surface area contributed by atoms with Gasteiger partial charge in [0.25, 0.3) is 5.91 Å². The second kappa shape index (κ2) is 6.74. The van der Waals surface area contributed by atoms with Gasteiger partial charge in [0.15, 0.2) is 5.76 Å². The monoisotopic (exact) mass is 351 g/mol. The summed E-state index contributed by atoms with van der Waals surface area (Å²) in [6.07, 6.45) is 1.97. The molecule has 0 bridgehead atoms. The van der Waals surface area contributed by atoms with Gasteiger partial charge >= 0.3 is 0 Å². The Hall–Kier alpha value is -3.19. The Morgan fingerprint density at radius 1 is 1.16 bits per heavy atom. The highest BCUT2D eigenvalue weighted by molar-refractivity contribution is 7.08. The third-order valence-electron chi connectivity index (χ3n) is 3.60. The molecule has 0 aliphatic rings. The number of aromatic nitrogens is 2. The normalized spacial score (nSPS) is 10.7. The molecule has 4 rings (SSSR count). The van der Waals surface area contributed by atoms with E-state index in [0.717, 1.165) is 11.3 Å². The number of nitrogens with zero attached hydrogens (tertiary/aromatic N) is 2. The van der Waals surface area contributed by atoms with E-state index in [1.807, 2.05) is 35.0 Å². The number of anilines is 1. The lowest BCUT2D eigenvalue weighted by Gasteiger charge is -2.09. The average molecular weight is 351 g/mol. The van der Waals surface area contributed by atoms with Crippen LogP contribution in [0.3, 0.4) is 0 Å². The summed E-state index contributed by atoms with van der Waals surface area (Å²) >= 11 is 1.48. The number of hydrogen-bond donors (Lipinski definition) is 1. The zero-order chi connectivity index (χ0) is 17.1. The van der Waals surface area contributed by atoms with Gasteiger partial charge in [0.1, 0.15) is 0 Å². The minimum Gasteiger partial charge on any atom is -0.461 e. The van der Waals surface area contributed by atoms with E-state index in [1.165, 1.54) is 11.3 Å². The molecule has 0 saturated carbocycles. The van der Waals surface area contributed by atoms with Crippen LogP contribution in [-0.4, -0.2) is 16.0 Å². The van der Waals surface area contributed by atoms with Crippen molar-refractivity contribution in [2.24, 2.45) is 0 Å². The number of rotatable bonds is 5. The van der Waals surface area contributed by atoms with Crippen LogP contribution in [0, 0.1) is 0 Å². The number of furan rings is 1.